The molecule has 0 saturated carbocycles. The molecular weight excluding hydrogens is 253 g/mol. The third-order valence-corrected chi connectivity index (χ3v) is 3.00. The number of halogens is 2. The highest BCUT2D eigenvalue weighted by molar-refractivity contribution is 6.30. The van der Waals surface area contributed by atoms with Crippen LogP contribution in [0.2, 0.25) is 5.02 Å². The molecule has 1 aromatic carbocycles. The average Bonchev–Trinajstić information content (AvgIpc) is 2.71. The molecule has 18 heavy (non-hydrogen) atoms. The second-order valence-electron chi connectivity index (χ2n) is 4.12. The molecule has 0 radical (unpaired) electrons. The number of benzene rings is 1. The van der Waals surface area contributed by atoms with E-state index in [1.165, 1.54) is 6.07 Å². The molecule has 2 rings (SSSR count). The van der Waals surface area contributed by atoms with Crippen molar-refractivity contribution in [1.82, 2.24) is 15.1 Å². The number of aromatic nitrogens is 2. The molecule has 0 aliphatic heterocycles. The third kappa shape index (κ3) is 2.71. The second kappa shape index (κ2) is 5.50. The maximum absolute atomic E-state index is 13.8. The zero-order valence-corrected chi connectivity index (χ0v) is 11.1. The largest absolute Gasteiger partial charge is 0.319 e. The molecule has 0 aliphatic carbocycles. The fourth-order valence-corrected chi connectivity index (χ4v) is 2.02. The Balaban J connectivity index is 2.38. The lowest BCUT2D eigenvalue weighted by Gasteiger charge is -2.03. The summed E-state index contributed by atoms with van der Waals surface area (Å²) in [6, 6.07) is 6.43. The topological polar surface area (TPSA) is 29.9 Å². The lowest BCUT2D eigenvalue weighted by Crippen LogP contribution is -2.10. The Morgan fingerprint density at radius 3 is 2.89 bits per heavy atom. The number of hydrogen-bond donors (Lipinski definition) is 1. The molecule has 0 atom stereocenters. The van der Waals surface area contributed by atoms with Gasteiger partial charge in [-0.3, -0.25) is 4.68 Å². The van der Waals surface area contributed by atoms with Gasteiger partial charge in [0, 0.05) is 30.6 Å². The summed E-state index contributed by atoms with van der Waals surface area (Å²) >= 11 is 5.90. The minimum absolute atomic E-state index is 0.289. The smallest absolute Gasteiger partial charge is 0.132 e. The fourth-order valence-electron chi connectivity index (χ4n) is 1.85. The highest BCUT2D eigenvalue weighted by atomic mass is 35.5. The van der Waals surface area contributed by atoms with Gasteiger partial charge >= 0.3 is 0 Å². The molecule has 0 saturated heterocycles. The summed E-state index contributed by atoms with van der Waals surface area (Å²) in [7, 11) is 3.69. The molecule has 3 nitrogen and oxygen atoms in total. The number of aryl methyl sites for hydroxylation is 1. The van der Waals surface area contributed by atoms with Gasteiger partial charge in [-0.05, 0) is 31.3 Å². The quantitative estimate of drug-likeness (QED) is 0.923. The monoisotopic (exact) mass is 267 g/mol. The molecule has 5 heteroatoms. The van der Waals surface area contributed by atoms with Gasteiger partial charge in [0.25, 0.3) is 0 Å². The van der Waals surface area contributed by atoms with E-state index < -0.39 is 0 Å². The molecule has 0 aliphatic rings. The lowest BCUT2D eigenvalue weighted by atomic mass is 10.1. The van der Waals surface area contributed by atoms with Crippen LogP contribution < -0.4 is 5.32 Å². The first-order valence-corrected chi connectivity index (χ1v) is 6.12. The number of nitrogens with one attached hydrogen (secondary N) is 1. The van der Waals surface area contributed by atoms with Crippen LogP contribution in [0.5, 0.6) is 0 Å². The summed E-state index contributed by atoms with van der Waals surface area (Å²) in [6.45, 7) is 0.842. The Kier molecular flexibility index (Phi) is 3.99. The zero-order chi connectivity index (χ0) is 13.1. The molecule has 1 N–H and O–H groups in total. The van der Waals surface area contributed by atoms with Crippen LogP contribution in [-0.2, 0) is 13.5 Å². The molecule has 0 amide bonds. The van der Waals surface area contributed by atoms with Crippen LogP contribution in [0.15, 0.2) is 24.3 Å². The van der Waals surface area contributed by atoms with E-state index >= 15 is 0 Å². The third-order valence-electron chi connectivity index (χ3n) is 2.77. The first-order valence-electron chi connectivity index (χ1n) is 5.74. The molecule has 0 spiro atoms. The van der Waals surface area contributed by atoms with E-state index in [1.807, 2.05) is 13.1 Å². The van der Waals surface area contributed by atoms with Crippen LogP contribution in [0.25, 0.3) is 11.3 Å². The number of likely N-dealkylation sites (N-methyl/N-ethyl adjacent to an activating group) is 1. The Bertz CT molecular complexity index is 551. The number of hydrogen-bond acceptors (Lipinski definition) is 2. The van der Waals surface area contributed by atoms with Gasteiger partial charge in [0.05, 0.1) is 11.4 Å². The number of nitrogens with zero attached hydrogens (tertiary/aromatic N) is 2. The van der Waals surface area contributed by atoms with Gasteiger partial charge in [-0.25, -0.2) is 4.39 Å². The Hall–Kier alpha value is -1.39. The lowest BCUT2D eigenvalue weighted by molar-refractivity contribution is 0.627. The van der Waals surface area contributed by atoms with Crippen molar-refractivity contribution >= 4 is 11.6 Å². The van der Waals surface area contributed by atoms with Crippen molar-refractivity contribution in [3.05, 3.63) is 40.8 Å². The minimum atomic E-state index is -0.289. The van der Waals surface area contributed by atoms with E-state index in [2.05, 4.69) is 10.4 Å². The van der Waals surface area contributed by atoms with Gasteiger partial charge in [0.2, 0.25) is 0 Å². The SMILES string of the molecule is CNCCc1cc(-c2cc(Cl)ccc2F)n(C)n1. The molecule has 1 heterocycles. The van der Waals surface area contributed by atoms with Gasteiger partial charge in [0.15, 0.2) is 0 Å². The fraction of sp³-hybridized carbons (Fsp3) is 0.308. The van der Waals surface area contributed by atoms with Crippen molar-refractivity contribution in [3.63, 3.8) is 0 Å². The van der Waals surface area contributed by atoms with E-state index in [0.29, 0.717) is 10.6 Å². The first kappa shape index (κ1) is 13.1. The summed E-state index contributed by atoms with van der Waals surface area (Å²) in [5.41, 5.74) is 2.15. The summed E-state index contributed by atoms with van der Waals surface area (Å²) < 4.78 is 15.5. The summed E-state index contributed by atoms with van der Waals surface area (Å²) in [4.78, 5) is 0. The molecular formula is C13H15ClFN3. The van der Waals surface area contributed by atoms with E-state index in [4.69, 9.17) is 11.6 Å². The van der Waals surface area contributed by atoms with Crippen LogP contribution in [0.4, 0.5) is 4.39 Å². The van der Waals surface area contributed by atoms with E-state index in [9.17, 15) is 4.39 Å². The molecule has 0 bridgehead atoms. The Labute approximate surface area is 111 Å². The highest BCUT2D eigenvalue weighted by Gasteiger charge is 2.12. The van der Waals surface area contributed by atoms with Crippen molar-refractivity contribution in [1.29, 1.82) is 0 Å². The molecule has 1 aromatic heterocycles. The van der Waals surface area contributed by atoms with Crippen molar-refractivity contribution in [2.75, 3.05) is 13.6 Å². The molecule has 2 aromatic rings. The van der Waals surface area contributed by atoms with Crippen LogP contribution in [-0.4, -0.2) is 23.4 Å². The minimum Gasteiger partial charge on any atom is -0.319 e. The van der Waals surface area contributed by atoms with Crippen LogP contribution >= 0.6 is 11.6 Å². The standard InChI is InChI=1S/C13H15ClFN3/c1-16-6-5-10-8-13(18(2)17-10)11-7-9(14)3-4-12(11)15/h3-4,7-8,16H,5-6H2,1-2H3. The van der Waals surface area contributed by atoms with Gasteiger partial charge in [0.1, 0.15) is 5.82 Å². The van der Waals surface area contributed by atoms with Crippen molar-refractivity contribution < 1.29 is 4.39 Å². The van der Waals surface area contributed by atoms with Crippen LogP contribution in [0.3, 0.4) is 0 Å². The zero-order valence-electron chi connectivity index (χ0n) is 10.4. The van der Waals surface area contributed by atoms with Gasteiger partial charge in [-0.2, -0.15) is 5.10 Å². The summed E-state index contributed by atoms with van der Waals surface area (Å²) in [6.07, 6.45) is 0.812. The number of rotatable bonds is 4. The Morgan fingerprint density at radius 1 is 1.39 bits per heavy atom. The van der Waals surface area contributed by atoms with Crippen LogP contribution in [0, 0.1) is 5.82 Å². The van der Waals surface area contributed by atoms with Crippen molar-refractivity contribution in [2.24, 2.45) is 7.05 Å². The maximum Gasteiger partial charge on any atom is 0.132 e. The van der Waals surface area contributed by atoms with E-state index in [1.54, 1.807) is 23.9 Å². The van der Waals surface area contributed by atoms with Gasteiger partial charge in [-0.15, -0.1) is 0 Å². The van der Waals surface area contributed by atoms with Gasteiger partial charge in [-0.1, -0.05) is 11.6 Å². The van der Waals surface area contributed by atoms with Crippen molar-refractivity contribution in [2.45, 2.75) is 6.42 Å². The van der Waals surface area contributed by atoms with Gasteiger partial charge < -0.3 is 5.32 Å². The van der Waals surface area contributed by atoms with Crippen molar-refractivity contribution in [3.8, 4) is 11.3 Å². The predicted molar refractivity (Wildman–Crippen MR) is 71.2 cm³/mol. The van der Waals surface area contributed by atoms with E-state index in [-0.39, 0.29) is 5.82 Å². The highest BCUT2D eigenvalue weighted by Crippen LogP contribution is 2.26. The first-order chi connectivity index (χ1) is 8.61. The average molecular weight is 268 g/mol. The normalized spacial score (nSPS) is 10.9. The second-order valence-corrected chi connectivity index (χ2v) is 4.56. The maximum atomic E-state index is 13.8. The summed E-state index contributed by atoms with van der Waals surface area (Å²) in [5, 5.41) is 7.94. The van der Waals surface area contributed by atoms with E-state index in [0.717, 1.165) is 24.4 Å². The summed E-state index contributed by atoms with van der Waals surface area (Å²) in [5.74, 6) is -0.289. The molecule has 96 valence electrons. The Morgan fingerprint density at radius 2 is 2.17 bits per heavy atom. The molecule has 0 unspecified atom stereocenters. The molecule has 0 fully saturated rings. The predicted octanol–water partition coefficient (Wildman–Crippen LogP) is 2.64. The van der Waals surface area contributed by atoms with Crippen LogP contribution in [0.1, 0.15) is 5.69 Å².